The zero-order valence-corrected chi connectivity index (χ0v) is 10.5. The monoisotopic (exact) mass is 232 g/mol. The molecule has 3 heteroatoms. The summed E-state index contributed by atoms with van der Waals surface area (Å²) in [6, 6.07) is 4.48. The lowest BCUT2D eigenvalue weighted by Crippen LogP contribution is -2.29. The van der Waals surface area contributed by atoms with Crippen molar-refractivity contribution in [1.29, 1.82) is 0 Å². The number of methoxy groups -OCH3 is 1. The molecule has 0 aliphatic carbocycles. The van der Waals surface area contributed by atoms with Gasteiger partial charge in [-0.25, -0.2) is 0 Å². The lowest BCUT2D eigenvalue weighted by atomic mass is 10.1. The first-order valence-corrected chi connectivity index (χ1v) is 6.58. The summed E-state index contributed by atoms with van der Waals surface area (Å²) in [5.74, 6) is 1.04. The second-order valence-electron chi connectivity index (χ2n) is 4.91. The van der Waals surface area contributed by atoms with Crippen molar-refractivity contribution >= 4 is 11.4 Å². The molecule has 0 radical (unpaired) electrons. The van der Waals surface area contributed by atoms with Gasteiger partial charge in [0.2, 0.25) is 0 Å². The van der Waals surface area contributed by atoms with Gasteiger partial charge >= 0.3 is 0 Å². The Hall–Kier alpha value is -1.38. The first kappa shape index (κ1) is 10.8. The fourth-order valence-electron chi connectivity index (χ4n) is 2.86. The molecule has 17 heavy (non-hydrogen) atoms. The fraction of sp³-hybridized carbons (Fsp3) is 0.571. The van der Waals surface area contributed by atoms with Crippen LogP contribution in [0, 0.1) is 0 Å². The SMILES string of the molecule is COc1cc2c(cc1N1CCCCC1)NCC2. The van der Waals surface area contributed by atoms with Gasteiger partial charge in [-0.15, -0.1) is 0 Å². The van der Waals surface area contributed by atoms with Crippen molar-refractivity contribution < 1.29 is 4.74 Å². The Morgan fingerprint density at radius 3 is 2.76 bits per heavy atom. The molecule has 0 unspecified atom stereocenters. The van der Waals surface area contributed by atoms with E-state index in [4.69, 9.17) is 4.74 Å². The van der Waals surface area contributed by atoms with Gasteiger partial charge in [-0.2, -0.15) is 0 Å². The summed E-state index contributed by atoms with van der Waals surface area (Å²) in [6.07, 6.45) is 5.08. The van der Waals surface area contributed by atoms with Gasteiger partial charge in [0, 0.05) is 25.3 Å². The van der Waals surface area contributed by atoms with E-state index in [1.165, 1.54) is 36.2 Å². The van der Waals surface area contributed by atoms with E-state index in [1.54, 1.807) is 7.11 Å². The van der Waals surface area contributed by atoms with Gasteiger partial charge in [0.25, 0.3) is 0 Å². The van der Waals surface area contributed by atoms with Crippen molar-refractivity contribution in [3.05, 3.63) is 17.7 Å². The highest BCUT2D eigenvalue weighted by molar-refractivity contribution is 5.71. The van der Waals surface area contributed by atoms with E-state index in [2.05, 4.69) is 22.3 Å². The Labute approximate surface area is 103 Å². The largest absolute Gasteiger partial charge is 0.495 e. The van der Waals surface area contributed by atoms with Gasteiger partial charge in [-0.1, -0.05) is 0 Å². The Balaban J connectivity index is 1.96. The van der Waals surface area contributed by atoms with Crippen LogP contribution in [0.5, 0.6) is 5.75 Å². The highest BCUT2D eigenvalue weighted by atomic mass is 16.5. The van der Waals surface area contributed by atoms with Crippen molar-refractivity contribution in [2.45, 2.75) is 25.7 Å². The molecular formula is C14H20N2O. The lowest BCUT2D eigenvalue weighted by molar-refractivity contribution is 0.412. The van der Waals surface area contributed by atoms with Crippen molar-refractivity contribution in [3.63, 3.8) is 0 Å². The number of nitrogens with zero attached hydrogens (tertiary/aromatic N) is 1. The van der Waals surface area contributed by atoms with Gasteiger partial charge in [0.05, 0.1) is 12.8 Å². The Kier molecular flexibility index (Phi) is 2.83. The van der Waals surface area contributed by atoms with Crippen molar-refractivity contribution in [2.75, 3.05) is 37.0 Å². The van der Waals surface area contributed by atoms with Crippen LogP contribution in [0.25, 0.3) is 0 Å². The number of fused-ring (bicyclic) bond motifs is 1. The van der Waals surface area contributed by atoms with Gasteiger partial charge in [-0.05, 0) is 43.4 Å². The van der Waals surface area contributed by atoms with Gasteiger partial charge in [0.15, 0.2) is 0 Å². The van der Waals surface area contributed by atoms with Crippen LogP contribution in [0.4, 0.5) is 11.4 Å². The minimum Gasteiger partial charge on any atom is -0.495 e. The highest BCUT2D eigenvalue weighted by Crippen LogP contribution is 2.37. The molecule has 2 aliphatic rings. The van der Waals surface area contributed by atoms with Gasteiger partial charge < -0.3 is 15.0 Å². The molecule has 0 atom stereocenters. The maximum Gasteiger partial charge on any atom is 0.142 e. The van der Waals surface area contributed by atoms with Crippen LogP contribution in [0.3, 0.4) is 0 Å². The molecule has 0 aromatic heterocycles. The Morgan fingerprint density at radius 1 is 1.18 bits per heavy atom. The van der Waals surface area contributed by atoms with E-state index in [0.717, 1.165) is 31.8 Å². The minimum absolute atomic E-state index is 1.04. The van der Waals surface area contributed by atoms with Crippen LogP contribution in [0.15, 0.2) is 12.1 Å². The molecule has 1 aromatic rings. The van der Waals surface area contributed by atoms with E-state index >= 15 is 0 Å². The topological polar surface area (TPSA) is 24.5 Å². The van der Waals surface area contributed by atoms with Crippen LogP contribution in [0.2, 0.25) is 0 Å². The summed E-state index contributed by atoms with van der Waals surface area (Å²) in [4.78, 5) is 2.46. The summed E-state index contributed by atoms with van der Waals surface area (Å²) in [5, 5.41) is 3.45. The van der Waals surface area contributed by atoms with E-state index in [0.29, 0.717) is 0 Å². The molecule has 0 amide bonds. The average molecular weight is 232 g/mol. The first-order chi connectivity index (χ1) is 8.38. The van der Waals surface area contributed by atoms with Crippen LogP contribution >= 0.6 is 0 Å². The van der Waals surface area contributed by atoms with Crippen LogP contribution in [-0.2, 0) is 6.42 Å². The van der Waals surface area contributed by atoms with Crippen molar-refractivity contribution in [3.8, 4) is 5.75 Å². The molecule has 0 bridgehead atoms. The molecule has 3 nitrogen and oxygen atoms in total. The molecule has 1 fully saturated rings. The third-order valence-corrected chi connectivity index (χ3v) is 3.81. The summed E-state index contributed by atoms with van der Waals surface area (Å²) in [7, 11) is 1.78. The predicted molar refractivity (Wildman–Crippen MR) is 71.3 cm³/mol. The summed E-state index contributed by atoms with van der Waals surface area (Å²) in [6.45, 7) is 3.38. The molecule has 3 rings (SSSR count). The number of anilines is 2. The zero-order chi connectivity index (χ0) is 11.7. The molecule has 1 saturated heterocycles. The number of nitrogens with one attached hydrogen (secondary N) is 1. The third-order valence-electron chi connectivity index (χ3n) is 3.81. The maximum atomic E-state index is 5.55. The van der Waals surface area contributed by atoms with Gasteiger partial charge in [-0.3, -0.25) is 0 Å². The second kappa shape index (κ2) is 4.47. The minimum atomic E-state index is 1.04. The first-order valence-electron chi connectivity index (χ1n) is 6.58. The second-order valence-corrected chi connectivity index (χ2v) is 4.91. The quantitative estimate of drug-likeness (QED) is 0.848. The average Bonchev–Trinajstić information content (AvgIpc) is 2.85. The number of ether oxygens (including phenoxy) is 1. The standard InChI is InChI=1S/C14H20N2O/c1-17-14-9-11-5-6-15-12(11)10-13(14)16-7-3-2-4-8-16/h9-10,15H,2-8H2,1H3. The van der Waals surface area contributed by atoms with Crippen LogP contribution in [0.1, 0.15) is 24.8 Å². The number of hydrogen-bond acceptors (Lipinski definition) is 3. The van der Waals surface area contributed by atoms with E-state index in [9.17, 15) is 0 Å². The van der Waals surface area contributed by atoms with Crippen LogP contribution in [-0.4, -0.2) is 26.7 Å². The Bertz CT molecular complexity index is 411. The van der Waals surface area contributed by atoms with Crippen LogP contribution < -0.4 is 15.0 Å². The molecule has 2 heterocycles. The zero-order valence-electron chi connectivity index (χ0n) is 10.5. The summed E-state index contributed by atoms with van der Waals surface area (Å²) in [5.41, 5.74) is 3.95. The third kappa shape index (κ3) is 1.94. The normalized spacial score (nSPS) is 18.8. The smallest absolute Gasteiger partial charge is 0.142 e. The molecule has 0 saturated carbocycles. The van der Waals surface area contributed by atoms with Gasteiger partial charge in [0.1, 0.15) is 5.75 Å². The highest BCUT2D eigenvalue weighted by Gasteiger charge is 2.19. The molecule has 92 valence electrons. The molecular weight excluding hydrogens is 212 g/mol. The number of rotatable bonds is 2. The number of hydrogen-bond donors (Lipinski definition) is 1. The van der Waals surface area contributed by atoms with E-state index in [-0.39, 0.29) is 0 Å². The maximum absolute atomic E-state index is 5.55. The fourth-order valence-corrected chi connectivity index (χ4v) is 2.86. The predicted octanol–water partition coefficient (Wildman–Crippen LogP) is 2.65. The molecule has 0 spiro atoms. The summed E-state index contributed by atoms with van der Waals surface area (Å²) < 4.78 is 5.55. The van der Waals surface area contributed by atoms with E-state index in [1.807, 2.05) is 0 Å². The van der Waals surface area contributed by atoms with Crippen molar-refractivity contribution in [1.82, 2.24) is 0 Å². The Morgan fingerprint density at radius 2 is 2.00 bits per heavy atom. The number of benzene rings is 1. The summed E-state index contributed by atoms with van der Waals surface area (Å²) >= 11 is 0. The van der Waals surface area contributed by atoms with E-state index < -0.39 is 0 Å². The molecule has 1 N–H and O–H groups in total. The molecule has 1 aromatic carbocycles. The van der Waals surface area contributed by atoms with Crippen molar-refractivity contribution in [2.24, 2.45) is 0 Å². The molecule has 2 aliphatic heterocycles. The lowest BCUT2D eigenvalue weighted by Gasteiger charge is -2.30. The number of piperidine rings is 1.